The summed E-state index contributed by atoms with van der Waals surface area (Å²) in [5, 5.41) is 4.41. The maximum absolute atomic E-state index is 13.5. The van der Waals surface area contributed by atoms with Crippen molar-refractivity contribution in [2.24, 2.45) is 5.92 Å². The summed E-state index contributed by atoms with van der Waals surface area (Å²) in [4.78, 5) is 28.4. The predicted octanol–water partition coefficient (Wildman–Crippen LogP) is 3.15. The molecule has 5 nitrogen and oxygen atoms in total. The van der Waals surface area contributed by atoms with Gasteiger partial charge in [-0.2, -0.15) is 0 Å². The Morgan fingerprint density at radius 1 is 0.786 bits per heavy atom. The average Bonchev–Trinajstić information content (AvgIpc) is 3.31. The van der Waals surface area contributed by atoms with Crippen LogP contribution in [0.15, 0.2) is 42.5 Å². The van der Waals surface area contributed by atoms with Crippen LogP contribution in [0.5, 0.6) is 0 Å². The lowest BCUT2D eigenvalue weighted by atomic mass is 9.89. The highest BCUT2D eigenvalue weighted by atomic mass is 16.2. The molecule has 3 saturated heterocycles. The number of hydrogen-bond acceptors (Lipinski definition) is 4. The van der Waals surface area contributed by atoms with Crippen molar-refractivity contribution in [2.45, 2.75) is 39.3 Å². The molecule has 3 fully saturated rings. The van der Waals surface area contributed by atoms with Crippen LogP contribution >= 0.6 is 0 Å². The molecule has 0 spiro atoms. The highest BCUT2D eigenvalue weighted by molar-refractivity contribution is 6.24. The second-order valence-corrected chi connectivity index (χ2v) is 8.29. The molecule has 28 heavy (non-hydrogen) atoms. The van der Waals surface area contributed by atoms with Gasteiger partial charge in [0.05, 0.1) is 17.6 Å². The molecule has 0 bridgehead atoms. The van der Waals surface area contributed by atoms with Crippen molar-refractivity contribution in [3.05, 3.63) is 64.7 Å². The number of aryl methyl sites for hydroxylation is 3. The normalized spacial score (nSPS) is 27.5. The minimum absolute atomic E-state index is 0.0684. The van der Waals surface area contributed by atoms with Gasteiger partial charge >= 0.3 is 0 Å². The fraction of sp³-hybridized carbons (Fsp3) is 0.391. The van der Waals surface area contributed by atoms with Gasteiger partial charge in [0.2, 0.25) is 5.91 Å². The van der Waals surface area contributed by atoms with Gasteiger partial charge in [-0.05, 0) is 56.0 Å². The summed E-state index contributed by atoms with van der Waals surface area (Å²) in [5.74, 6) is -0.505. The van der Waals surface area contributed by atoms with E-state index in [2.05, 4.69) is 41.2 Å². The quantitative estimate of drug-likeness (QED) is 0.757. The topological polar surface area (TPSA) is 43.9 Å². The van der Waals surface area contributed by atoms with Gasteiger partial charge in [-0.15, -0.1) is 0 Å². The molecule has 0 aliphatic carbocycles. The molecule has 2 aromatic rings. The van der Waals surface area contributed by atoms with Crippen LogP contribution in [0, 0.1) is 26.7 Å². The minimum Gasteiger partial charge on any atom is -0.274 e. The second-order valence-electron chi connectivity index (χ2n) is 8.29. The molecular formula is C23H25N3O2. The number of benzene rings is 2. The fourth-order valence-electron chi connectivity index (χ4n) is 5.00. The summed E-state index contributed by atoms with van der Waals surface area (Å²) in [7, 11) is 0. The van der Waals surface area contributed by atoms with Gasteiger partial charge in [-0.25, -0.2) is 14.9 Å². The number of amides is 2. The van der Waals surface area contributed by atoms with Crippen molar-refractivity contribution in [3.8, 4) is 0 Å². The van der Waals surface area contributed by atoms with Crippen molar-refractivity contribution in [1.29, 1.82) is 0 Å². The van der Waals surface area contributed by atoms with Gasteiger partial charge in [-0.3, -0.25) is 9.59 Å². The van der Waals surface area contributed by atoms with E-state index in [0.717, 1.165) is 36.2 Å². The molecule has 5 heteroatoms. The number of anilines is 1. The molecule has 3 heterocycles. The van der Waals surface area contributed by atoms with Crippen molar-refractivity contribution in [1.82, 2.24) is 10.0 Å². The molecule has 0 saturated carbocycles. The average molecular weight is 375 g/mol. The molecule has 0 aromatic heterocycles. The van der Waals surface area contributed by atoms with E-state index >= 15 is 0 Å². The molecule has 2 aromatic carbocycles. The highest BCUT2D eigenvalue weighted by Gasteiger charge is 2.62. The van der Waals surface area contributed by atoms with Crippen LogP contribution in [0.25, 0.3) is 0 Å². The first-order valence-corrected chi connectivity index (χ1v) is 10.0. The number of hydrazine groups is 1. The van der Waals surface area contributed by atoms with Gasteiger partial charge in [0, 0.05) is 13.1 Å². The van der Waals surface area contributed by atoms with Crippen molar-refractivity contribution < 1.29 is 9.59 Å². The zero-order valence-electron chi connectivity index (χ0n) is 16.6. The Labute approximate surface area is 165 Å². The van der Waals surface area contributed by atoms with E-state index in [9.17, 15) is 9.59 Å². The Morgan fingerprint density at radius 3 is 2.14 bits per heavy atom. The van der Waals surface area contributed by atoms with Crippen molar-refractivity contribution in [3.63, 3.8) is 0 Å². The van der Waals surface area contributed by atoms with E-state index in [0.29, 0.717) is 5.69 Å². The smallest absolute Gasteiger partial charge is 0.253 e. The molecule has 2 amide bonds. The van der Waals surface area contributed by atoms with Crippen LogP contribution in [0.2, 0.25) is 0 Å². The number of hydrogen-bond donors (Lipinski definition) is 0. The Morgan fingerprint density at radius 2 is 1.46 bits per heavy atom. The van der Waals surface area contributed by atoms with Gasteiger partial charge in [-0.1, -0.05) is 35.9 Å². The Bertz CT molecular complexity index is 968. The standard InChI is InChI=1S/C23H25N3O2/c1-14-5-8-17(9-6-14)20-19-21(25-12-4-11-24(20)25)23(28)26(22(19)27)18-10-7-15(2)16(3)13-18/h5-10,13,19-21H,4,11-12H2,1-3H3/t19-,20-,21+/m1/s1. The predicted molar refractivity (Wildman–Crippen MR) is 108 cm³/mol. The first-order chi connectivity index (χ1) is 13.5. The summed E-state index contributed by atoms with van der Waals surface area (Å²) in [6.07, 6.45) is 1.02. The molecule has 0 radical (unpaired) electrons. The fourth-order valence-corrected chi connectivity index (χ4v) is 5.00. The van der Waals surface area contributed by atoms with Crippen LogP contribution in [0.4, 0.5) is 5.69 Å². The molecule has 0 unspecified atom stereocenters. The maximum Gasteiger partial charge on any atom is 0.253 e. The third-order valence-electron chi connectivity index (χ3n) is 6.57. The Kier molecular flexibility index (Phi) is 3.93. The number of imide groups is 1. The van der Waals surface area contributed by atoms with Crippen molar-refractivity contribution >= 4 is 17.5 Å². The van der Waals surface area contributed by atoms with E-state index in [-0.39, 0.29) is 29.8 Å². The molecule has 3 aliphatic heterocycles. The van der Waals surface area contributed by atoms with Crippen LogP contribution < -0.4 is 4.90 Å². The lowest BCUT2D eigenvalue weighted by molar-refractivity contribution is -0.126. The molecule has 144 valence electrons. The summed E-state index contributed by atoms with van der Waals surface area (Å²) >= 11 is 0. The maximum atomic E-state index is 13.5. The van der Waals surface area contributed by atoms with E-state index in [1.54, 1.807) is 0 Å². The van der Waals surface area contributed by atoms with Gasteiger partial charge < -0.3 is 0 Å². The molecule has 3 aliphatic rings. The van der Waals surface area contributed by atoms with E-state index in [1.807, 2.05) is 32.0 Å². The molecule has 0 N–H and O–H groups in total. The summed E-state index contributed by atoms with van der Waals surface area (Å²) in [6, 6.07) is 13.8. The SMILES string of the molecule is Cc1ccc([C@@H]2[C@H]3C(=O)N(c4ccc(C)c(C)c4)C(=O)[C@H]3N3CCCN23)cc1. The largest absolute Gasteiger partial charge is 0.274 e. The lowest BCUT2D eigenvalue weighted by Crippen LogP contribution is -2.44. The number of nitrogens with zero attached hydrogens (tertiary/aromatic N) is 3. The van der Waals surface area contributed by atoms with Crippen molar-refractivity contribution in [2.75, 3.05) is 18.0 Å². The summed E-state index contributed by atoms with van der Waals surface area (Å²) in [6.45, 7) is 7.85. The highest BCUT2D eigenvalue weighted by Crippen LogP contribution is 2.48. The minimum atomic E-state index is -0.386. The van der Waals surface area contributed by atoms with Crippen LogP contribution in [-0.4, -0.2) is 41.0 Å². The third-order valence-corrected chi connectivity index (χ3v) is 6.57. The Balaban J connectivity index is 1.58. The molecule has 3 atom stereocenters. The number of rotatable bonds is 2. The number of carbonyl (C=O) groups is 2. The lowest BCUT2D eigenvalue weighted by Gasteiger charge is -2.30. The van der Waals surface area contributed by atoms with E-state index in [4.69, 9.17) is 0 Å². The van der Waals surface area contributed by atoms with Crippen LogP contribution in [-0.2, 0) is 9.59 Å². The summed E-state index contributed by atoms with van der Waals surface area (Å²) in [5.41, 5.74) is 5.26. The van der Waals surface area contributed by atoms with Crippen LogP contribution in [0.1, 0.15) is 34.7 Å². The zero-order chi connectivity index (χ0) is 19.6. The third kappa shape index (κ3) is 2.39. The van der Waals surface area contributed by atoms with Gasteiger partial charge in [0.15, 0.2) is 0 Å². The number of fused-ring (bicyclic) bond motifs is 3. The first kappa shape index (κ1) is 17.6. The van der Waals surface area contributed by atoms with Crippen LogP contribution in [0.3, 0.4) is 0 Å². The van der Waals surface area contributed by atoms with Gasteiger partial charge in [0.1, 0.15) is 6.04 Å². The molecular weight excluding hydrogens is 350 g/mol. The monoisotopic (exact) mass is 375 g/mol. The zero-order valence-corrected chi connectivity index (χ0v) is 16.6. The van der Waals surface area contributed by atoms with E-state index < -0.39 is 0 Å². The molecule has 5 rings (SSSR count). The first-order valence-electron chi connectivity index (χ1n) is 10.0. The number of carbonyl (C=O) groups excluding carboxylic acids is 2. The van der Waals surface area contributed by atoms with Gasteiger partial charge in [0.25, 0.3) is 5.91 Å². The Hall–Kier alpha value is -2.50. The summed E-state index contributed by atoms with van der Waals surface area (Å²) < 4.78 is 0. The van der Waals surface area contributed by atoms with E-state index in [1.165, 1.54) is 10.5 Å². The second kappa shape index (κ2) is 6.26.